The summed E-state index contributed by atoms with van der Waals surface area (Å²) < 4.78 is 0. The Balaban J connectivity index is 2.13. The van der Waals surface area contributed by atoms with Gasteiger partial charge in [0, 0.05) is 19.6 Å². The van der Waals surface area contributed by atoms with Crippen molar-refractivity contribution >= 4 is 40.4 Å². The predicted molar refractivity (Wildman–Crippen MR) is 94.5 cm³/mol. The standard InChI is InChI=1S/C17H16OS3/c1-12(2)17(18)21-16-9-5-8-15(11-16)20-14-7-4-6-13(10-14)19-3/h4-11H,1H2,2-3H3. The second-order valence-corrected chi connectivity index (χ2v) is 7.50. The lowest BCUT2D eigenvalue weighted by Crippen LogP contribution is -1.90. The van der Waals surface area contributed by atoms with Crippen LogP contribution in [0.4, 0.5) is 0 Å². The molecule has 0 aromatic heterocycles. The van der Waals surface area contributed by atoms with Crippen LogP contribution in [0, 0.1) is 0 Å². The second-order valence-electron chi connectivity index (χ2n) is 4.43. The Morgan fingerprint density at radius 3 is 2.05 bits per heavy atom. The second kappa shape index (κ2) is 7.78. The molecule has 4 heteroatoms. The molecule has 0 unspecified atom stereocenters. The lowest BCUT2D eigenvalue weighted by molar-refractivity contribution is -0.107. The first-order valence-electron chi connectivity index (χ1n) is 6.38. The van der Waals surface area contributed by atoms with Crippen LogP contribution in [0.25, 0.3) is 0 Å². The zero-order chi connectivity index (χ0) is 15.2. The zero-order valence-electron chi connectivity index (χ0n) is 12.0. The summed E-state index contributed by atoms with van der Waals surface area (Å²) in [4.78, 5) is 16.3. The largest absolute Gasteiger partial charge is 0.282 e. The maximum Gasteiger partial charge on any atom is 0.219 e. The van der Waals surface area contributed by atoms with Crippen molar-refractivity contribution in [1.82, 2.24) is 0 Å². The van der Waals surface area contributed by atoms with E-state index in [-0.39, 0.29) is 5.12 Å². The first kappa shape index (κ1) is 16.3. The molecular weight excluding hydrogens is 316 g/mol. The van der Waals surface area contributed by atoms with Gasteiger partial charge in [0.05, 0.1) is 0 Å². The molecule has 0 atom stereocenters. The van der Waals surface area contributed by atoms with E-state index in [0.29, 0.717) is 5.57 Å². The maximum atomic E-state index is 11.7. The third kappa shape index (κ3) is 4.99. The summed E-state index contributed by atoms with van der Waals surface area (Å²) in [6.45, 7) is 5.42. The van der Waals surface area contributed by atoms with E-state index in [9.17, 15) is 4.79 Å². The van der Waals surface area contributed by atoms with Crippen molar-refractivity contribution in [3.05, 3.63) is 60.7 Å². The average molecular weight is 333 g/mol. The molecule has 0 spiro atoms. The topological polar surface area (TPSA) is 17.1 Å². The van der Waals surface area contributed by atoms with Gasteiger partial charge in [-0.15, -0.1) is 11.8 Å². The molecule has 0 bridgehead atoms. The molecule has 1 nitrogen and oxygen atoms in total. The van der Waals surface area contributed by atoms with Gasteiger partial charge in [-0.2, -0.15) is 0 Å². The first-order chi connectivity index (χ1) is 10.1. The van der Waals surface area contributed by atoms with E-state index in [2.05, 4.69) is 43.2 Å². The highest BCUT2D eigenvalue weighted by atomic mass is 32.2. The number of thioether (sulfide) groups is 2. The van der Waals surface area contributed by atoms with Crippen LogP contribution in [0.1, 0.15) is 6.92 Å². The van der Waals surface area contributed by atoms with Crippen LogP contribution in [-0.2, 0) is 4.79 Å². The lowest BCUT2D eigenvalue weighted by atomic mass is 10.4. The Morgan fingerprint density at radius 2 is 1.48 bits per heavy atom. The van der Waals surface area contributed by atoms with Gasteiger partial charge in [-0.1, -0.05) is 30.5 Å². The number of carbonyl (C=O) groups is 1. The summed E-state index contributed by atoms with van der Waals surface area (Å²) >= 11 is 4.67. The van der Waals surface area contributed by atoms with Gasteiger partial charge < -0.3 is 0 Å². The summed E-state index contributed by atoms with van der Waals surface area (Å²) in [6, 6.07) is 16.5. The Kier molecular flexibility index (Phi) is 6.03. The quantitative estimate of drug-likeness (QED) is 0.511. The molecule has 108 valence electrons. The van der Waals surface area contributed by atoms with Gasteiger partial charge in [0.2, 0.25) is 5.12 Å². The molecule has 2 aromatic carbocycles. The summed E-state index contributed by atoms with van der Waals surface area (Å²) in [5.74, 6) is 0. The minimum atomic E-state index is 0.0153. The molecule has 0 N–H and O–H groups in total. The lowest BCUT2D eigenvalue weighted by Gasteiger charge is -2.06. The van der Waals surface area contributed by atoms with Gasteiger partial charge in [0.1, 0.15) is 0 Å². The van der Waals surface area contributed by atoms with Gasteiger partial charge in [-0.3, -0.25) is 4.79 Å². The van der Waals surface area contributed by atoms with Gasteiger partial charge >= 0.3 is 0 Å². The van der Waals surface area contributed by atoms with E-state index in [1.807, 2.05) is 18.2 Å². The monoisotopic (exact) mass is 332 g/mol. The van der Waals surface area contributed by atoms with Crippen molar-refractivity contribution in [3.8, 4) is 0 Å². The summed E-state index contributed by atoms with van der Waals surface area (Å²) in [7, 11) is 0. The third-order valence-electron chi connectivity index (χ3n) is 2.64. The van der Waals surface area contributed by atoms with E-state index in [1.165, 1.54) is 21.6 Å². The van der Waals surface area contributed by atoms with Crippen LogP contribution in [0.5, 0.6) is 0 Å². The fourth-order valence-corrected chi connectivity index (χ4v) is 3.86. The van der Waals surface area contributed by atoms with Crippen LogP contribution in [0.2, 0.25) is 0 Å². The van der Waals surface area contributed by atoms with Crippen molar-refractivity contribution in [2.45, 2.75) is 26.5 Å². The van der Waals surface area contributed by atoms with Crippen LogP contribution in [0.15, 0.2) is 80.3 Å². The highest BCUT2D eigenvalue weighted by Gasteiger charge is 2.06. The van der Waals surface area contributed by atoms with Crippen LogP contribution < -0.4 is 0 Å². The minimum absolute atomic E-state index is 0.0153. The third-order valence-corrected chi connectivity index (χ3v) is 5.37. The van der Waals surface area contributed by atoms with Crippen molar-refractivity contribution < 1.29 is 4.79 Å². The fraction of sp³-hybridized carbons (Fsp3) is 0.118. The van der Waals surface area contributed by atoms with Crippen molar-refractivity contribution in [3.63, 3.8) is 0 Å². The molecule has 0 radical (unpaired) electrons. The summed E-state index contributed by atoms with van der Waals surface area (Å²) in [5, 5.41) is 0.0153. The van der Waals surface area contributed by atoms with Crippen LogP contribution >= 0.6 is 35.3 Å². The smallest absolute Gasteiger partial charge is 0.219 e. The molecular formula is C17H16OS3. The summed E-state index contributed by atoms with van der Waals surface area (Å²) in [6.07, 6.45) is 2.07. The number of hydrogen-bond donors (Lipinski definition) is 0. The van der Waals surface area contributed by atoms with E-state index in [4.69, 9.17) is 0 Å². The molecule has 2 rings (SSSR count). The normalized spacial score (nSPS) is 10.4. The molecule has 0 fully saturated rings. The maximum absolute atomic E-state index is 11.7. The van der Waals surface area contributed by atoms with Crippen molar-refractivity contribution in [1.29, 1.82) is 0 Å². The Bertz CT molecular complexity index is 665. The highest BCUT2D eigenvalue weighted by molar-refractivity contribution is 8.14. The number of rotatable bonds is 5. The predicted octanol–water partition coefficient (Wildman–Crippen LogP) is 5.75. The van der Waals surface area contributed by atoms with Crippen molar-refractivity contribution in [2.24, 2.45) is 0 Å². The van der Waals surface area contributed by atoms with Gasteiger partial charge in [0.15, 0.2) is 0 Å². The molecule has 0 heterocycles. The number of hydrogen-bond acceptors (Lipinski definition) is 4. The molecule has 0 saturated heterocycles. The van der Waals surface area contributed by atoms with E-state index >= 15 is 0 Å². The Hall–Kier alpha value is -1.10. The van der Waals surface area contributed by atoms with Gasteiger partial charge in [-0.25, -0.2) is 0 Å². The van der Waals surface area contributed by atoms with Crippen molar-refractivity contribution in [2.75, 3.05) is 6.26 Å². The average Bonchev–Trinajstić information content (AvgIpc) is 2.47. The molecule has 0 aliphatic carbocycles. The molecule has 0 aliphatic heterocycles. The number of carbonyl (C=O) groups excluding carboxylic acids is 1. The van der Waals surface area contributed by atoms with E-state index in [0.717, 1.165) is 9.79 Å². The molecule has 21 heavy (non-hydrogen) atoms. The SMILES string of the molecule is C=C(C)C(=O)Sc1cccc(Sc2cccc(SC)c2)c1. The van der Waals surface area contributed by atoms with Gasteiger partial charge in [-0.05, 0) is 66.9 Å². The fourth-order valence-electron chi connectivity index (χ4n) is 1.60. The number of benzene rings is 2. The molecule has 0 saturated carbocycles. The molecule has 2 aromatic rings. The first-order valence-corrected chi connectivity index (χ1v) is 9.24. The zero-order valence-corrected chi connectivity index (χ0v) is 14.4. The molecule has 0 amide bonds. The van der Waals surface area contributed by atoms with Gasteiger partial charge in [0.25, 0.3) is 0 Å². The van der Waals surface area contributed by atoms with Crippen LogP contribution in [0.3, 0.4) is 0 Å². The summed E-state index contributed by atoms with van der Waals surface area (Å²) in [5.41, 5.74) is 0.575. The Morgan fingerprint density at radius 1 is 0.952 bits per heavy atom. The van der Waals surface area contributed by atoms with E-state index in [1.54, 1.807) is 30.4 Å². The van der Waals surface area contributed by atoms with Crippen LogP contribution in [-0.4, -0.2) is 11.4 Å². The van der Waals surface area contributed by atoms with E-state index < -0.39 is 0 Å². The highest BCUT2D eigenvalue weighted by Crippen LogP contribution is 2.33. The Labute approximate surface area is 138 Å². The molecule has 0 aliphatic rings. The minimum Gasteiger partial charge on any atom is -0.282 e.